The zero-order chi connectivity index (χ0) is 18.4. The number of halogens is 2. The molecule has 0 spiro atoms. The minimum Gasteiger partial charge on any atom is -0.486 e. The first-order valence-corrected chi connectivity index (χ1v) is 9.69. The Morgan fingerprint density at radius 1 is 1.08 bits per heavy atom. The van der Waals surface area contributed by atoms with Crippen LogP contribution in [0.1, 0.15) is 11.4 Å². The van der Waals surface area contributed by atoms with Crippen LogP contribution in [-0.4, -0.2) is 14.8 Å². The molecule has 0 aliphatic heterocycles. The SMILES string of the molecule is C=CCn1c(COc2ccccc2)nnc1SCc1ccc(Cl)c(Cl)c1. The lowest BCUT2D eigenvalue weighted by Gasteiger charge is -2.09. The second-order valence-corrected chi connectivity index (χ2v) is 7.19. The molecule has 0 N–H and O–H groups in total. The molecule has 7 heteroatoms. The van der Waals surface area contributed by atoms with Gasteiger partial charge in [-0.05, 0) is 29.8 Å². The van der Waals surface area contributed by atoms with E-state index in [1.165, 1.54) is 0 Å². The summed E-state index contributed by atoms with van der Waals surface area (Å²) in [5, 5.41) is 10.5. The molecule has 3 aromatic rings. The van der Waals surface area contributed by atoms with Crippen LogP contribution in [0.2, 0.25) is 10.0 Å². The van der Waals surface area contributed by atoms with Crippen LogP contribution < -0.4 is 4.74 Å². The summed E-state index contributed by atoms with van der Waals surface area (Å²) in [6.45, 7) is 4.78. The van der Waals surface area contributed by atoms with Crippen molar-refractivity contribution in [1.29, 1.82) is 0 Å². The van der Waals surface area contributed by atoms with Gasteiger partial charge in [0.25, 0.3) is 0 Å². The molecule has 2 aromatic carbocycles. The van der Waals surface area contributed by atoms with Crippen LogP contribution in [0, 0.1) is 0 Å². The average molecular weight is 406 g/mol. The fourth-order valence-electron chi connectivity index (χ4n) is 2.29. The summed E-state index contributed by atoms with van der Waals surface area (Å²) < 4.78 is 7.78. The number of para-hydroxylation sites is 1. The maximum Gasteiger partial charge on any atom is 0.191 e. The highest BCUT2D eigenvalue weighted by Crippen LogP contribution is 2.27. The van der Waals surface area contributed by atoms with E-state index in [2.05, 4.69) is 16.8 Å². The summed E-state index contributed by atoms with van der Waals surface area (Å²) in [5.74, 6) is 2.27. The van der Waals surface area contributed by atoms with E-state index >= 15 is 0 Å². The predicted octanol–water partition coefficient (Wildman–Crippen LogP) is 5.64. The molecule has 3 rings (SSSR count). The van der Waals surface area contributed by atoms with E-state index in [0.717, 1.165) is 22.3 Å². The summed E-state index contributed by atoms with van der Waals surface area (Å²) in [5.41, 5.74) is 1.07. The second-order valence-electron chi connectivity index (χ2n) is 5.44. The molecule has 0 amide bonds. The average Bonchev–Trinajstić information content (AvgIpc) is 3.04. The molecule has 0 aliphatic carbocycles. The Labute approximate surface area is 166 Å². The summed E-state index contributed by atoms with van der Waals surface area (Å²) in [6.07, 6.45) is 1.82. The third kappa shape index (κ3) is 4.81. The van der Waals surface area contributed by atoms with Gasteiger partial charge in [0, 0.05) is 12.3 Å². The minimum absolute atomic E-state index is 0.345. The summed E-state index contributed by atoms with van der Waals surface area (Å²) >= 11 is 13.6. The lowest BCUT2D eigenvalue weighted by atomic mass is 10.2. The van der Waals surface area contributed by atoms with Crippen LogP contribution in [0.25, 0.3) is 0 Å². The Balaban J connectivity index is 1.69. The smallest absolute Gasteiger partial charge is 0.191 e. The van der Waals surface area contributed by atoms with Crippen LogP contribution in [0.4, 0.5) is 0 Å². The third-order valence-electron chi connectivity index (χ3n) is 3.57. The number of thioether (sulfide) groups is 1. The lowest BCUT2D eigenvalue weighted by molar-refractivity contribution is 0.289. The maximum absolute atomic E-state index is 6.08. The minimum atomic E-state index is 0.345. The molecule has 0 fully saturated rings. The molecule has 0 unspecified atom stereocenters. The number of allylic oxidation sites excluding steroid dienone is 1. The quantitative estimate of drug-likeness (QED) is 0.358. The van der Waals surface area contributed by atoms with Gasteiger partial charge in [-0.2, -0.15) is 0 Å². The van der Waals surface area contributed by atoms with Gasteiger partial charge < -0.3 is 4.74 Å². The highest BCUT2D eigenvalue weighted by atomic mass is 35.5. The monoisotopic (exact) mass is 405 g/mol. The van der Waals surface area contributed by atoms with E-state index in [9.17, 15) is 0 Å². The number of rotatable bonds is 8. The number of hydrogen-bond acceptors (Lipinski definition) is 4. The van der Waals surface area contributed by atoms with E-state index in [1.807, 2.05) is 53.1 Å². The zero-order valence-corrected chi connectivity index (χ0v) is 16.3. The van der Waals surface area contributed by atoms with Gasteiger partial charge in [0.1, 0.15) is 12.4 Å². The number of aromatic nitrogens is 3. The molecule has 1 aromatic heterocycles. The highest BCUT2D eigenvalue weighted by molar-refractivity contribution is 7.98. The number of benzene rings is 2. The van der Waals surface area contributed by atoms with Crippen LogP contribution in [0.15, 0.2) is 66.3 Å². The first-order valence-electron chi connectivity index (χ1n) is 7.95. The van der Waals surface area contributed by atoms with Crippen molar-refractivity contribution >= 4 is 35.0 Å². The van der Waals surface area contributed by atoms with Crippen molar-refractivity contribution in [3.63, 3.8) is 0 Å². The fraction of sp³-hybridized carbons (Fsp3) is 0.158. The number of hydrogen-bond donors (Lipinski definition) is 0. The Morgan fingerprint density at radius 3 is 2.62 bits per heavy atom. The molecule has 0 radical (unpaired) electrons. The van der Waals surface area contributed by atoms with Crippen molar-refractivity contribution in [2.45, 2.75) is 24.1 Å². The Hall–Kier alpha value is -1.95. The van der Waals surface area contributed by atoms with Crippen LogP contribution in [0.5, 0.6) is 5.75 Å². The van der Waals surface area contributed by atoms with Gasteiger partial charge in [0.05, 0.1) is 10.0 Å². The van der Waals surface area contributed by atoms with Gasteiger partial charge in [-0.1, -0.05) is 65.3 Å². The van der Waals surface area contributed by atoms with Crippen LogP contribution in [-0.2, 0) is 18.9 Å². The van der Waals surface area contributed by atoms with Gasteiger partial charge >= 0.3 is 0 Å². The van der Waals surface area contributed by atoms with Gasteiger partial charge in [0.2, 0.25) is 0 Å². The summed E-state index contributed by atoms with van der Waals surface area (Å²) in [7, 11) is 0. The van der Waals surface area contributed by atoms with Crippen LogP contribution in [0.3, 0.4) is 0 Å². The fourth-order valence-corrected chi connectivity index (χ4v) is 3.52. The van der Waals surface area contributed by atoms with Crippen molar-refractivity contribution < 1.29 is 4.74 Å². The molecule has 4 nitrogen and oxygen atoms in total. The van der Waals surface area contributed by atoms with Crippen molar-refractivity contribution in [3.05, 3.63) is 82.6 Å². The first-order chi connectivity index (χ1) is 12.7. The standard InChI is InChI=1S/C19H17Cl2N3OS/c1-2-10-24-18(12-25-15-6-4-3-5-7-15)22-23-19(24)26-13-14-8-9-16(20)17(21)11-14/h2-9,11H,1,10,12-13H2. The van der Waals surface area contributed by atoms with E-state index in [0.29, 0.717) is 28.9 Å². The van der Waals surface area contributed by atoms with Gasteiger partial charge in [-0.15, -0.1) is 16.8 Å². The number of ether oxygens (including phenoxy) is 1. The van der Waals surface area contributed by atoms with Gasteiger partial charge in [-0.25, -0.2) is 0 Å². The Bertz CT molecular complexity index is 884. The zero-order valence-electron chi connectivity index (χ0n) is 13.9. The molecule has 1 heterocycles. The summed E-state index contributed by atoms with van der Waals surface area (Å²) in [6, 6.07) is 15.3. The van der Waals surface area contributed by atoms with E-state index in [1.54, 1.807) is 17.8 Å². The topological polar surface area (TPSA) is 39.9 Å². The Morgan fingerprint density at radius 2 is 1.88 bits per heavy atom. The number of nitrogens with zero attached hydrogens (tertiary/aromatic N) is 3. The van der Waals surface area contributed by atoms with Gasteiger partial charge in [0.15, 0.2) is 11.0 Å². The first kappa shape index (κ1) is 18.8. The van der Waals surface area contributed by atoms with E-state index in [4.69, 9.17) is 27.9 Å². The van der Waals surface area contributed by atoms with Crippen molar-refractivity contribution in [2.24, 2.45) is 0 Å². The van der Waals surface area contributed by atoms with E-state index in [-0.39, 0.29) is 0 Å². The molecule has 134 valence electrons. The second kappa shape index (κ2) is 9.12. The van der Waals surface area contributed by atoms with Crippen molar-refractivity contribution in [2.75, 3.05) is 0 Å². The predicted molar refractivity (Wildman–Crippen MR) is 107 cm³/mol. The molecule has 26 heavy (non-hydrogen) atoms. The molecular weight excluding hydrogens is 389 g/mol. The molecule has 0 saturated heterocycles. The molecule has 0 saturated carbocycles. The third-order valence-corrected chi connectivity index (χ3v) is 5.35. The van der Waals surface area contributed by atoms with Gasteiger partial charge in [-0.3, -0.25) is 4.57 Å². The molecule has 0 bridgehead atoms. The van der Waals surface area contributed by atoms with Crippen molar-refractivity contribution in [3.8, 4) is 5.75 Å². The summed E-state index contributed by atoms with van der Waals surface area (Å²) in [4.78, 5) is 0. The molecule has 0 atom stereocenters. The molecule has 0 aliphatic rings. The highest BCUT2D eigenvalue weighted by Gasteiger charge is 2.13. The lowest BCUT2D eigenvalue weighted by Crippen LogP contribution is -2.07. The largest absolute Gasteiger partial charge is 0.486 e. The Kier molecular flexibility index (Phi) is 6.61. The normalized spacial score (nSPS) is 10.7. The molecular formula is C19H17Cl2N3OS. The van der Waals surface area contributed by atoms with Crippen molar-refractivity contribution in [1.82, 2.24) is 14.8 Å². The van der Waals surface area contributed by atoms with Crippen LogP contribution >= 0.6 is 35.0 Å². The maximum atomic E-state index is 6.08. The van der Waals surface area contributed by atoms with E-state index < -0.39 is 0 Å².